The van der Waals surface area contributed by atoms with Crippen molar-refractivity contribution in [3.8, 4) is 0 Å². The van der Waals surface area contributed by atoms with Gasteiger partial charge < -0.3 is 10.2 Å². The van der Waals surface area contributed by atoms with E-state index in [0.717, 1.165) is 38.9 Å². The van der Waals surface area contributed by atoms with Crippen LogP contribution in [0.2, 0.25) is 0 Å². The molecule has 1 N–H and O–H groups in total. The van der Waals surface area contributed by atoms with Gasteiger partial charge in [-0.15, -0.1) is 0 Å². The van der Waals surface area contributed by atoms with Crippen LogP contribution in [0.15, 0.2) is 24.5 Å². The lowest BCUT2D eigenvalue weighted by molar-refractivity contribution is 0.386. The molecule has 0 spiro atoms. The number of hydrogen-bond donors (Lipinski definition) is 1. The second-order valence-corrected chi connectivity index (χ2v) is 8.37. The molecule has 1 unspecified atom stereocenters. The molecule has 0 radical (unpaired) electrons. The Balaban J connectivity index is 1.42. The van der Waals surface area contributed by atoms with Gasteiger partial charge in [0.1, 0.15) is 0 Å². The average Bonchev–Trinajstić information content (AvgIpc) is 2.86. The second-order valence-electron chi connectivity index (χ2n) is 6.14. The van der Waals surface area contributed by atoms with Gasteiger partial charge in [0.05, 0.1) is 11.5 Å². The van der Waals surface area contributed by atoms with Crippen LogP contribution in [0.25, 0.3) is 0 Å². The summed E-state index contributed by atoms with van der Waals surface area (Å²) in [5.74, 6) is 1.06. The van der Waals surface area contributed by atoms with E-state index in [-0.39, 0.29) is 0 Å². The minimum absolute atomic E-state index is 0.313. The predicted octanol–water partition coefficient (Wildman–Crippen LogP) is 1.07. The molecule has 2 aliphatic rings. The van der Waals surface area contributed by atoms with Gasteiger partial charge in [-0.1, -0.05) is 0 Å². The van der Waals surface area contributed by atoms with E-state index < -0.39 is 9.84 Å². The molecule has 0 aromatic carbocycles. The van der Waals surface area contributed by atoms with Gasteiger partial charge in [0, 0.05) is 37.2 Å². The molecular formula is C15H23N3O2S. The maximum atomic E-state index is 11.5. The number of sulfone groups is 1. The number of rotatable bonds is 4. The first-order valence-corrected chi connectivity index (χ1v) is 9.53. The molecule has 3 heterocycles. The third-order valence-corrected chi connectivity index (χ3v) is 6.38. The molecule has 2 aliphatic heterocycles. The summed E-state index contributed by atoms with van der Waals surface area (Å²) < 4.78 is 22.9. The van der Waals surface area contributed by atoms with Gasteiger partial charge in [0.25, 0.3) is 0 Å². The monoisotopic (exact) mass is 309 g/mol. The lowest BCUT2D eigenvalue weighted by Crippen LogP contribution is -2.44. The van der Waals surface area contributed by atoms with E-state index in [4.69, 9.17) is 0 Å². The number of hydrogen-bond acceptors (Lipinski definition) is 5. The topological polar surface area (TPSA) is 62.3 Å². The molecule has 1 atom stereocenters. The largest absolute Gasteiger partial charge is 0.371 e. The molecular weight excluding hydrogens is 286 g/mol. The highest BCUT2D eigenvalue weighted by Gasteiger charge is 2.28. The Hall–Kier alpha value is -1.14. The maximum Gasteiger partial charge on any atom is 0.150 e. The standard InChI is InChI=1S/C15H23N3O2S/c19-21(20)10-5-13(12-21)11-17-14-3-8-18(9-4-14)15-1-6-16-7-2-15/h1-2,6-7,13-14,17H,3-5,8-12H2. The summed E-state index contributed by atoms with van der Waals surface area (Å²) >= 11 is 0. The zero-order valence-corrected chi connectivity index (χ0v) is 13.1. The molecule has 0 aliphatic carbocycles. The third kappa shape index (κ3) is 3.95. The van der Waals surface area contributed by atoms with Crippen LogP contribution in [0.3, 0.4) is 0 Å². The number of nitrogens with one attached hydrogen (secondary N) is 1. The smallest absolute Gasteiger partial charge is 0.150 e. The SMILES string of the molecule is O=S1(=O)CCC(CNC2CCN(c3ccncc3)CC2)C1. The van der Waals surface area contributed by atoms with Crippen LogP contribution < -0.4 is 10.2 Å². The molecule has 116 valence electrons. The summed E-state index contributed by atoms with van der Waals surface area (Å²) in [6, 6.07) is 4.63. The van der Waals surface area contributed by atoms with E-state index in [0.29, 0.717) is 23.5 Å². The molecule has 6 heteroatoms. The summed E-state index contributed by atoms with van der Waals surface area (Å²) in [4.78, 5) is 6.44. The molecule has 1 aromatic heterocycles. The van der Waals surface area contributed by atoms with Crippen LogP contribution in [0, 0.1) is 5.92 Å². The van der Waals surface area contributed by atoms with Crippen molar-refractivity contribution in [2.45, 2.75) is 25.3 Å². The summed E-state index contributed by atoms with van der Waals surface area (Å²) in [5.41, 5.74) is 1.24. The number of piperidine rings is 1. The average molecular weight is 309 g/mol. The van der Waals surface area contributed by atoms with Gasteiger partial charge >= 0.3 is 0 Å². The molecule has 2 saturated heterocycles. The van der Waals surface area contributed by atoms with E-state index in [9.17, 15) is 8.42 Å². The number of nitrogens with zero attached hydrogens (tertiary/aromatic N) is 2. The van der Waals surface area contributed by atoms with Crippen molar-refractivity contribution in [2.75, 3.05) is 36.0 Å². The van der Waals surface area contributed by atoms with Gasteiger partial charge in [-0.25, -0.2) is 8.42 Å². The van der Waals surface area contributed by atoms with Crippen molar-refractivity contribution < 1.29 is 8.42 Å². The van der Waals surface area contributed by atoms with Crippen molar-refractivity contribution >= 4 is 15.5 Å². The van der Waals surface area contributed by atoms with Crippen LogP contribution in [-0.2, 0) is 9.84 Å². The van der Waals surface area contributed by atoms with Crippen molar-refractivity contribution in [1.82, 2.24) is 10.3 Å². The Bertz CT molecular complexity index is 554. The zero-order chi connectivity index (χ0) is 14.7. The fraction of sp³-hybridized carbons (Fsp3) is 0.667. The first-order chi connectivity index (χ1) is 10.1. The molecule has 5 nitrogen and oxygen atoms in total. The highest BCUT2D eigenvalue weighted by Crippen LogP contribution is 2.21. The number of anilines is 1. The van der Waals surface area contributed by atoms with Crippen molar-refractivity contribution in [3.05, 3.63) is 24.5 Å². The van der Waals surface area contributed by atoms with Gasteiger partial charge in [0.2, 0.25) is 0 Å². The Morgan fingerprint density at radius 1 is 1.19 bits per heavy atom. The third-order valence-electron chi connectivity index (χ3n) is 4.54. The lowest BCUT2D eigenvalue weighted by Gasteiger charge is -2.34. The second kappa shape index (κ2) is 6.32. The number of aromatic nitrogens is 1. The zero-order valence-electron chi connectivity index (χ0n) is 12.2. The van der Waals surface area contributed by atoms with E-state index >= 15 is 0 Å². The summed E-state index contributed by atoms with van der Waals surface area (Å²) in [7, 11) is -2.75. The fourth-order valence-electron chi connectivity index (χ4n) is 3.26. The minimum atomic E-state index is -2.75. The lowest BCUT2D eigenvalue weighted by atomic mass is 10.0. The van der Waals surface area contributed by atoms with Crippen molar-refractivity contribution in [3.63, 3.8) is 0 Å². The highest BCUT2D eigenvalue weighted by atomic mass is 32.2. The molecule has 2 fully saturated rings. The molecule has 0 amide bonds. The Morgan fingerprint density at radius 3 is 2.52 bits per heavy atom. The van der Waals surface area contributed by atoms with Crippen molar-refractivity contribution in [1.29, 1.82) is 0 Å². The summed E-state index contributed by atoms with van der Waals surface area (Å²) in [6.07, 6.45) is 6.72. The highest BCUT2D eigenvalue weighted by molar-refractivity contribution is 7.91. The first kappa shape index (κ1) is 14.8. The van der Waals surface area contributed by atoms with Crippen LogP contribution in [0.4, 0.5) is 5.69 Å². The fourth-order valence-corrected chi connectivity index (χ4v) is 5.12. The van der Waals surface area contributed by atoms with Gasteiger partial charge in [-0.2, -0.15) is 0 Å². The van der Waals surface area contributed by atoms with Crippen LogP contribution >= 0.6 is 0 Å². The molecule has 1 aromatic rings. The Kier molecular flexibility index (Phi) is 4.45. The van der Waals surface area contributed by atoms with Gasteiger partial charge in [-0.3, -0.25) is 4.98 Å². The normalized spacial score (nSPS) is 26.1. The maximum absolute atomic E-state index is 11.5. The quantitative estimate of drug-likeness (QED) is 0.901. The van der Waals surface area contributed by atoms with Crippen molar-refractivity contribution in [2.24, 2.45) is 5.92 Å². The first-order valence-electron chi connectivity index (χ1n) is 7.71. The van der Waals surface area contributed by atoms with Crippen LogP contribution in [0.5, 0.6) is 0 Å². The molecule has 21 heavy (non-hydrogen) atoms. The predicted molar refractivity (Wildman–Crippen MR) is 84.2 cm³/mol. The van der Waals surface area contributed by atoms with E-state index in [1.54, 1.807) is 0 Å². The van der Waals surface area contributed by atoms with Gasteiger partial charge in [0.15, 0.2) is 9.84 Å². The summed E-state index contributed by atoms with van der Waals surface area (Å²) in [6.45, 7) is 2.94. The minimum Gasteiger partial charge on any atom is -0.371 e. The van der Waals surface area contributed by atoms with E-state index in [1.165, 1.54) is 5.69 Å². The Morgan fingerprint density at radius 2 is 1.90 bits per heavy atom. The summed E-state index contributed by atoms with van der Waals surface area (Å²) in [5, 5.41) is 3.57. The number of pyridine rings is 1. The van der Waals surface area contributed by atoms with E-state index in [2.05, 4.69) is 27.3 Å². The van der Waals surface area contributed by atoms with Crippen LogP contribution in [0.1, 0.15) is 19.3 Å². The van der Waals surface area contributed by atoms with Crippen LogP contribution in [-0.4, -0.2) is 50.6 Å². The molecule has 0 bridgehead atoms. The molecule has 0 saturated carbocycles. The Labute approximate surface area is 126 Å². The molecule has 3 rings (SSSR count). The van der Waals surface area contributed by atoms with Gasteiger partial charge in [-0.05, 0) is 43.9 Å². The van der Waals surface area contributed by atoms with E-state index in [1.807, 2.05) is 12.4 Å².